The molecule has 1 aliphatic rings. The first kappa shape index (κ1) is 6.47. The number of rotatable bonds is 0. The summed E-state index contributed by atoms with van der Waals surface area (Å²) in [6, 6.07) is 0. The van der Waals surface area contributed by atoms with Crippen LogP contribution >= 0.6 is 0 Å². The lowest BCUT2D eigenvalue weighted by Crippen LogP contribution is -2.43. The Labute approximate surface area is 55.3 Å². The van der Waals surface area contributed by atoms with Crippen molar-refractivity contribution in [2.45, 2.75) is 0 Å². The van der Waals surface area contributed by atoms with Crippen LogP contribution in [0.25, 0.3) is 0 Å². The molecule has 0 radical (unpaired) electrons. The van der Waals surface area contributed by atoms with Crippen LogP contribution in [0.4, 0.5) is 0 Å². The van der Waals surface area contributed by atoms with Crippen molar-refractivity contribution in [2.24, 2.45) is 0 Å². The molecule has 10 heavy (non-hydrogen) atoms. The Morgan fingerprint density at radius 1 is 1.20 bits per heavy atom. The van der Waals surface area contributed by atoms with Gasteiger partial charge in [0.25, 0.3) is 5.91 Å². The first-order chi connectivity index (χ1) is 4.61. The smallest absolute Gasteiger partial charge is 0.298 e. The van der Waals surface area contributed by atoms with Gasteiger partial charge in [0.1, 0.15) is 0 Å². The van der Waals surface area contributed by atoms with Crippen LogP contribution in [0, 0.1) is 0 Å². The maximum absolute atomic E-state index is 10.3. The van der Waals surface area contributed by atoms with Crippen molar-refractivity contribution >= 4 is 17.6 Å². The summed E-state index contributed by atoms with van der Waals surface area (Å²) < 4.78 is 0. The van der Waals surface area contributed by atoms with E-state index in [2.05, 4.69) is 0 Å². The highest BCUT2D eigenvalue weighted by Crippen LogP contribution is 1.91. The van der Waals surface area contributed by atoms with Gasteiger partial charge >= 0.3 is 0 Å². The van der Waals surface area contributed by atoms with Crippen molar-refractivity contribution in [3.8, 4) is 0 Å². The minimum absolute atomic E-state index is 0.473. The highest BCUT2D eigenvalue weighted by molar-refractivity contribution is 6.46. The van der Waals surface area contributed by atoms with E-state index in [-0.39, 0.29) is 0 Å². The summed E-state index contributed by atoms with van der Waals surface area (Å²) in [6.45, 7) is 0. The first-order valence-corrected chi connectivity index (χ1v) is 2.39. The maximum atomic E-state index is 10.3. The first-order valence-electron chi connectivity index (χ1n) is 2.39. The monoisotopic (exact) mass is 140 g/mol. The van der Waals surface area contributed by atoms with Gasteiger partial charge in [0, 0.05) is 0 Å². The van der Waals surface area contributed by atoms with Gasteiger partial charge in [0.05, 0.1) is 0 Å². The lowest BCUT2D eigenvalue weighted by molar-refractivity contribution is -0.299. The van der Waals surface area contributed by atoms with Crippen LogP contribution in [0.2, 0.25) is 0 Å². The summed E-state index contributed by atoms with van der Waals surface area (Å²) in [4.78, 5) is 30.9. The fraction of sp³-hybridized carbons (Fsp3) is 0. The van der Waals surface area contributed by atoms with E-state index in [1.807, 2.05) is 0 Å². The molecule has 0 saturated carbocycles. The van der Waals surface area contributed by atoms with Crippen LogP contribution in [0.1, 0.15) is 0 Å². The minimum atomic E-state index is -1.05. The Morgan fingerprint density at radius 3 is 2.30 bits per heavy atom. The van der Waals surface area contributed by atoms with E-state index < -0.39 is 23.4 Å². The van der Waals surface area contributed by atoms with Crippen LogP contribution in [-0.2, 0) is 14.4 Å². The predicted molar refractivity (Wildman–Crippen MR) is 26.2 cm³/mol. The molecule has 0 aliphatic carbocycles. The van der Waals surface area contributed by atoms with E-state index in [9.17, 15) is 19.5 Å². The highest BCUT2D eigenvalue weighted by Gasteiger charge is 2.19. The Balaban J connectivity index is 3.01. The van der Waals surface area contributed by atoms with Crippen LogP contribution in [0.15, 0.2) is 11.8 Å². The summed E-state index contributed by atoms with van der Waals surface area (Å²) in [6.07, 6.45) is 0.473. The number of hydrogen-bond donors (Lipinski definition) is 1. The number of carbonyl (C=O) groups is 3. The molecular formula is C5H2NO4-. The van der Waals surface area contributed by atoms with E-state index in [0.29, 0.717) is 6.08 Å². The van der Waals surface area contributed by atoms with E-state index in [1.54, 1.807) is 5.32 Å². The Hall–Kier alpha value is -1.65. The highest BCUT2D eigenvalue weighted by atomic mass is 16.3. The SMILES string of the molecule is O=C1C=C([O-])C(=O)NC1=O. The lowest BCUT2D eigenvalue weighted by atomic mass is 10.2. The molecule has 1 N–H and O–H groups in total. The number of nitrogens with one attached hydrogen (secondary N) is 1. The van der Waals surface area contributed by atoms with E-state index >= 15 is 0 Å². The minimum Gasteiger partial charge on any atom is -0.869 e. The quantitative estimate of drug-likeness (QED) is 0.296. The molecule has 1 rings (SSSR count). The number of imide groups is 1. The molecular weight excluding hydrogens is 138 g/mol. The van der Waals surface area contributed by atoms with Crippen molar-refractivity contribution in [3.05, 3.63) is 11.8 Å². The molecule has 1 aliphatic heterocycles. The van der Waals surface area contributed by atoms with Crippen molar-refractivity contribution in [1.29, 1.82) is 0 Å². The van der Waals surface area contributed by atoms with E-state index in [1.165, 1.54) is 0 Å². The molecule has 0 aromatic carbocycles. The second kappa shape index (κ2) is 1.94. The standard InChI is InChI=1S/C5H3NO4/c7-2-1-3(8)5(10)6-4(2)9/h1,7H,(H,6,9,10)/p-1. The summed E-state index contributed by atoms with van der Waals surface area (Å²) in [5.74, 6) is -4.07. The van der Waals surface area contributed by atoms with Crippen molar-refractivity contribution in [3.63, 3.8) is 0 Å². The zero-order valence-corrected chi connectivity index (χ0v) is 4.71. The molecule has 0 aromatic heterocycles. The molecule has 5 nitrogen and oxygen atoms in total. The molecule has 0 saturated heterocycles. The molecule has 1 heterocycles. The molecule has 0 fully saturated rings. The van der Waals surface area contributed by atoms with Crippen molar-refractivity contribution in [2.75, 3.05) is 0 Å². The van der Waals surface area contributed by atoms with Crippen LogP contribution in [0.5, 0.6) is 0 Å². The van der Waals surface area contributed by atoms with Gasteiger partial charge in [-0.3, -0.25) is 19.7 Å². The van der Waals surface area contributed by atoms with Crippen molar-refractivity contribution in [1.82, 2.24) is 5.32 Å². The van der Waals surface area contributed by atoms with Gasteiger partial charge in [0.2, 0.25) is 11.7 Å². The van der Waals surface area contributed by atoms with Crippen LogP contribution in [0.3, 0.4) is 0 Å². The van der Waals surface area contributed by atoms with Gasteiger partial charge in [-0.1, -0.05) is 0 Å². The van der Waals surface area contributed by atoms with Gasteiger partial charge in [0.15, 0.2) is 0 Å². The summed E-state index contributed by atoms with van der Waals surface area (Å²) in [5.41, 5.74) is 0. The largest absolute Gasteiger partial charge is 0.869 e. The summed E-state index contributed by atoms with van der Waals surface area (Å²) in [7, 11) is 0. The third kappa shape index (κ3) is 0.883. The number of hydrogen-bond acceptors (Lipinski definition) is 4. The number of ketones is 1. The zero-order valence-electron chi connectivity index (χ0n) is 4.71. The maximum Gasteiger partial charge on any atom is 0.298 e. The summed E-state index contributed by atoms with van der Waals surface area (Å²) >= 11 is 0. The fourth-order valence-corrected chi connectivity index (χ4v) is 0.476. The number of carbonyl (C=O) groups excluding carboxylic acids is 3. The van der Waals surface area contributed by atoms with Gasteiger partial charge in [-0.25, -0.2) is 0 Å². The zero-order chi connectivity index (χ0) is 7.72. The average molecular weight is 140 g/mol. The molecule has 0 spiro atoms. The van der Waals surface area contributed by atoms with Crippen molar-refractivity contribution < 1.29 is 19.5 Å². The van der Waals surface area contributed by atoms with E-state index in [4.69, 9.17) is 0 Å². The fourth-order valence-electron chi connectivity index (χ4n) is 0.476. The predicted octanol–water partition coefficient (Wildman–Crippen LogP) is -2.54. The van der Waals surface area contributed by atoms with Crippen LogP contribution < -0.4 is 10.4 Å². The Bertz CT molecular complexity index is 252. The molecule has 0 unspecified atom stereocenters. The number of amides is 2. The Morgan fingerprint density at radius 2 is 1.80 bits per heavy atom. The molecule has 0 bridgehead atoms. The van der Waals surface area contributed by atoms with Gasteiger partial charge in [-0.2, -0.15) is 0 Å². The molecule has 0 atom stereocenters. The van der Waals surface area contributed by atoms with Gasteiger partial charge < -0.3 is 5.11 Å². The summed E-state index contributed by atoms with van der Waals surface area (Å²) in [5, 5.41) is 11.9. The van der Waals surface area contributed by atoms with Crippen LogP contribution in [-0.4, -0.2) is 17.6 Å². The second-order valence-electron chi connectivity index (χ2n) is 1.66. The second-order valence-corrected chi connectivity index (χ2v) is 1.66. The van der Waals surface area contributed by atoms with Gasteiger partial charge in [-0.05, 0) is 11.8 Å². The third-order valence-electron chi connectivity index (χ3n) is 0.937. The lowest BCUT2D eigenvalue weighted by Gasteiger charge is -2.13. The normalized spacial score (nSPS) is 18.4. The Kier molecular flexibility index (Phi) is 1.26. The molecule has 2 amide bonds. The molecule has 52 valence electrons. The van der Waals surface area contributed by atoms with Gasteiger partial charge in [-0.15, -0.1) is 0 Å². The molecule has 5 heteroatoms. The average Bonchev–Trinajstić information content (AvgIpc) is 1.84. The topological polar surface area (TPSA) is 86.3 Å². The van der Waals surface area contributed by atoms with E-state index in [0.717, 1.165) is 0 Å². The third-order valence-corrected chi connectivity index (χ3v) is 0.937. The molecule has 0 aromatic rings.